The summed E-state index contributed by atoms with van der Waals surface area (Å²) in [5, 5.41) is 7.88. The number of carbonyl (C=O) groups excluding carboxylic acids is 1. The summed E-state index contributed by atoms with van der Waals surface area (Å²) in [7, 11) is 3.79. The van der Waals surface area contributed by atoms with Crippen LogP contribution in [0.5, 0.6) is 0 Å². The summed E-state index contributed by atoms with van der Waals surface area (Å²) in [6, 6.07) is 5.77. The van der Waals surface area contributed by atoms with Gasteiger partial charge in [0.25, 0.3) is 0 Å². The van der Waals surface area contributed by atoms with Crippen LogP contribution in [0.15, 0.2) is 23.6 Å². The SMILES string of the molecule is CC[C@@H](NC(=O)NCc1cc(C)nc(N(C)C)n1)c1cccs1. The first kappa shape index (κ1) is 17.2. The van der Waals surface area contributed by atoms with E-state index in [4.69, 9.17) is 0 Å². The highest BCUT2D eigenvalue weighted by atomic mass is 32.1. The molecule has 2 aromatic rings. The minimum atomic E-state index is -0.187. The number of amides is 2. The maximum Gasteiger partial charge on any atom is 0.315 e. The fourth-order valence-corrected chi connectivity index (χ4v) is 3.01. The third-order valence-corrected chi connectivity index (χ3v) is 4.31. The van der Waals surface area contributed by atoms with Crippen molar-refractivity contribution in [2.45, 2.75) is 32.9 Å². The number of urea groups is 1. The van der Waals surface area contributed by atoms with Crippen molar-refractivity contribution in [3.05, 3.63) is 39.8 Å². The molecule has 6 nitrogen and oxygen atoms in total. The van der Waals surface area contributed by atoms with Gasteiger partial charge in [-0.25, -0.2) is 14.8 Å². The Balaban J connectivity index is 1.94. The smallest absolute Gasteiger partial charge is 0.315 e. The Bertz CT molecular complexity index is 642. The number of nitrogens with zero attached hydrogens (tertiary/aromatic N) is 3. The van der Waals surface area contributed by atoms with Crippen molar-refractivity contribution in [2.75, 3.05) is 19.0 Å². The fourth-order valence-electron chi connectivity index (χ4n) is 2.15. The van der Waals surface area contributed by atoms with Crippen LogP contribution in [0.2, 0.25) is 0 Å². The van der Waals surface area contributed by atoms with E-state index in [0.717, 1.165) is 22.7 Å². The summed E-state index contributed by atoms with van der Waals surface area (Å²) in [6.07, 6.45) is 0.853. The van der Waals surface area contributed by atoms with Crippen LogP contribution in [0.1, 0.15) is 35.7 Å². The number of rotatable bonds is 6. The summed E-state index contributed by atoms with van der Waals surface area (Å²) in [6.45, 7) is 4.35. The molecule has 124 valence electrons. The molecule has 2 aromatic heterocycles. The van der Waals surface area contributed by atoms with E-state index in [1.807, 2.05) is 49.5 Å². The Morgan fingerprint density at radius 2 is 2.17 bits per heavy atom. The highest BCUT2D eigenvalue weighted by molar-refractivity contribution is 7.10. The van der Waals surface area contributed by atoms with Crippen LogP contribution in [0.4, 0.5) is 10.7 Å². The monoisotopic (exact) mass is 333 g/mol. The normalized spacial score (nSPS) is 11.8. The van der Waals surface area contributed by atoms with Gasteiger partial charge in [0.05, 0.1) is 18.3 Å². The van der Waals surface area contributed by atoms with Gasteiger partial charge in [-0.3, -0.25) is 0 Å². The van der Waals surface area contributed by atoms with Crippen LogP contribution in [-0.2, 0) is 6.54 Å². The van der Waals surface area contributed by atoms with Gasteiger partial charge in [0.2, 0.25) is 5.95 Å². The maximum atomic E-state index is 12.1. The molecule has 0 aromatic carbocycles. The molecule has 1 atom stereocenters. The maximum absolute atomic E-state index is 12.1. The van der Waals surface area contributed by atoms with Crippen LogP contribution in [0, 0.1) is 6.92 Å². The molecule has 0 aliphatic carbocycles. The third kappa shape index (κ3) is 4.92. The molecule has 0 fully saturated rings. The quantitative estimate of drug-likeness (QED) is 0.853. The van der Waals surface area contributed by atoms with Gasteiger partial charge in [-0.05, 0) is 30.9 Å². The van der Waals surface area contributed by atoms with Crippen LogP contribution in [0.3, 0.4) is 0 Å². The Hall–Kier alpha value is -2.15. The van der Waals surface area contributed by atoms with Gasteiger partial charge >= 0.3 is 6.03 Å². The summed E-state index contributed by atoms with van der Waals surface area (Å²) in [5.41, 5.74) is 1.67. The number of hydrogen-bond donors (Lipinski definition) is 2. The number of hydrogen-bond acceptors (Lipinski definition) is 5. The second-order valence-corrected chi connectivity index (χ2v) is 6.48. The predicted octanol–water partition coefficient (Wildman–Crippen LogP) is 2.86. The Morgan fingerprint density at radius 3 is 2.78 bits per heavy atom. The van der Waals surface area contributed by atoms with Gasteiger partial charge in [-0.1, -0.05) is 13.0 Å². The number of thiophene rings is 1. The lowest BCUT2D eigenvalue weighted by molar-refractivity contribution is 0.236. The Kier molecular flexibility index (Phi) is 5.92. The van der Waals surface area contributed by atoms with Gasteiger partial charge in [-0.2, -0.15) is 0 Å². The summed E-state index contributed by atoms with van der Waals surface area (Å²) < 4.78 is 0. The van der Waals surface area contributed by atoms with E-state index in [1.54, 1.807) is 11.3 Å². The highest BCUT2D eigenvalue weighted by Crippen LogP contribution is 2.21. The highest BCUT2D eigenvalue weighted by Gasteiger charge is 2.13. The van der Waals surface area contributed by atoms with Gasteiger partial charge in [0.1, 0.15) is 0 Å². The lowest BCUT2D eigenvalue weighted by Gasteiger charge is -2.16. The number of aryl methyl sites for hydroxylation is 1. The first-order valence-corrected chi connectivity index (χ1v) is 8.47. The van der Waals surface area contributed by atoms with Crippen molar-refractivity contribution < 1.29 is 4.79 Å². The molecule has 7 heteroatoms. The second-order valence-electron chi connectivity index (χ2n) is 5.50. The Morgan fingerprint density at radius 1 is 1.39 bits per heavy atom. The van der Waals surface area contributed by atoms with Gasteiger partial charge < -0.3 is 15.5 Å². The van der Waals surface area contributed by atoms with Crippen LogP contribution >= 0.6 is 11.3 Å². The molecular formula is C16H23N5OS. The van der Waals surface area contributed by atoms with Gasteiger partial charge in [0, 0.05) is 24.7 Å². The van der Waals surface area contributed by atoms with Crippen molar-refractivity contribution in [2.24, 2.45) is 0 Å². The van der Waals surface area contributed by atoms with E-state index in [9.17, 15) is 4.79 Å². The van der Waals surface area contributed by atoms with Crippen molar-refractivity contribution in [3.63, 3.8) is 0 Å². The molecule has 0 saturated carbocycles. The van der Waals surface area contributed by atoms with E-state index in [0.29, 0.717) is 12.5 Å². The largest absolute Gasteiger partial charge is 0.347 e. The molecule has 23 heavy (non-hydrogen) atoms. The van der Waals surface area contributed by atoms with E-state index >= 15 is 0 Å². The van der Waals surface area contributed by atoms with E-state index in [-0.39, 0.29) is 12.1 Å². The summed E-state index contributed by atoms with van der Waals surface area (Å²) in [4.78, 5) is 23.9. The minimum Gasteiger partial charge on any atom is -0.347 e. The zero-order chi connectivity index (χ0) is 16.8. The average molecular weight is 333 g/mol. The molecule has 0 bridgehead atoms. The molecule has 0 aliphatic rings. The molecule has 2 amide bonds. The Labute approximate surface area is 141 Å². The molecule has 0 radical (unpaired) electrons. The van der Waals surface area contributed by atoms with Crippen molar-refractivity contribution >= 4 is 23.3 Å². The molecule has 0 aliphatic heterocycles. The molecule has 0 saturated heterocycles. The summed E-state index contributed by atoms with van der Waals surface area (Å²) >= 11 is 1.65. The molecule has 2 heterocycles. The van der Waals surface area contributed by atoms with Gasteiger partial charge in [-0.15, -0.1) is 11.3 Å². The van der Waals surface area contributed by atoms with E-state index < -0.39 is 0 Å². The minimum absolute atomic E-state index is 0.0412. The van der Waals surface area contributed by atoms with Crippen molar-refractivity contribution in [3.8, 4) is 0 Å². The number of anilines is 1. The third-order valence-electron chi connectivity index (χ3n) is 3.33. The van der Waals surface area contributed by atoms with Crippen LogP contribution in [-0.4, -0.2) is 30.1 Å². The molecule has 2 rings (SSSR count). The number of carbonyl (C=O) groups is 1. The average Bonchev–Trinajstić information content (AvgIpc) is 3.04. The lowest BCUT2D eigenvalue weighted by atomic mass is 10.2. The zero-order valence-electron chi connectivity index (χ0n) is 14.0. The summed E-state index contributed by atoms with van der Waals surface area (Å²) in [5.74, 6) is 0.646. The van der Waals surface area contributed by atoms with E-state index in [2.05, 4.69) is 27.5 Å². The fraction of sp³-hybridized carbons (Fsp3) is 0.438. The standard InChI is InChI=1S/C16H23N5OS/c1-5-13(14-7-6-8-23-14)20-16(22)17-10-12-9-11(2)18-15(19-12)21(3)4/h6-9,13H,5,10H2,1-4H3,(H2,17,20,22)/t13-/m1/s1. The van der Waals surface area contributed by atoms with E-state index in [1.165, 1.54) is 0 Å². The van der Waals surface area contributed by atoms with Gasteiger partial charge in [0.15, 0.2) is 0 Å². The van der Waals surface area contributed by atoms with Crippen molar-refractivity contribution in [1.29, 1.82) is 0 Å². The number of nitrogens with one attached hydrogen (secondary N) is 2. The van der Waals surface area contributed by atoms with Crippen molar-refractivity contribution in [1.82, 2.24) is 20.6 Å². The second kappa shape index (κ2) is 7.92. The van der Waals surface area contributed by atoms with Crippen LogP contribution in [0.25, 0.3) is 0 Å². The predicted molar refractivity (Wildman–Crippen MR) is 93.8 cm³/mol. The zero-order valence-corrected chi connectivity index (χ0v) is 14.8. The number of aromatic nitrogens is 2. The molecule has 2 N–H and O–H groups in total. The molecular weight excluding hydrogens is 310 g/mol. The first-order valence-electron chi connectivity index (χ1n) is 7.59. The lowest BCUT2D eigenvalue weighted by Crippen LogP contribution is -2.37. The molecule has 0 unspecified atom stereocenters. The topological polar surface area (TPSA) is 70.2 Å². The first-order chi connectivity index (χ1) is 11.0. The van der Waals surface area contributed by atoms with Crippen LogP contribution < -0.4 is 15.5 Å². The molecule has 0 spiro atoms.